The number of hydrogen-bond donors (Lipinski definition) is 0. The summed E-state index contributed by atoms with van der Waals surface area (Å²) in [7, 11) is 1.95. The number of alkyl halides is 1. The molecule has 1 rings (SSSR count). The molecule has 0 aliphatic heterocycles. The summed E-state index contributed by atoms with van der Waals surface area (Å²) in [4.78, 5) is 0.354. The van der Waals surface area contributed by atoms with Crippen LogP contribution < -0.4 is 0 Å². The summed E-state index contributed by atoms with van der Waals surface area (Å²) >= 11 is 3.45. The Morgan fingerprint density at radius 1 is 1.70 bits per heavy atom. The molecule has 0 aliphatic rings. The third-order valence-electron chi connectivity index (χ3n) is 1.54. The SMILES string of the molecule is Cc1cc(C(C)Br)nn1C. The molecule has 0 fully saturated rings. The first-order valence-electron chi connectivity index (χ1n) is 3.26. The second-order valence-corrected chi connectivity index (χ2v) is 3.82. The molecule has 0 aromatic carbocycles. The van der Waals surface area contributed by atoms with Crippen LogP contribution in [0.3, 0.4) is 0 Å². The van der Waals surface area contributed by atoms with Gasteiger partial charge in [0.05, 0.1) is 10.5 Å². The lowest BCUT2D eigenvalue weighted by atomic mass is 10.3. The molecule has 0 aliphatic carbocycles. The van der Waals surface area contributed by atoms with Crippen LogP contribution in [0.2, 0.25) is 0 Å². The molecule has 1 unspecified atom stereocenters. The highest BCUT2D eigenvalue weighted by Crippen LogP contribution is 2.19. The maximum Gasteiger partial charge on any atom is 0.0760 e. The van der Waals surface area contributed by atoms with Gasteiger partial charge in [0.25, 0.3) is 0 Å². The molecule has 1 heterocycles. The Hall–Kier alpha value is -0.310. The fourth-order valence-corrected chi connectivity index (χ4v) is 1.01. The number of hydrogen-bond acceptors (Lipinski definition) is 1. The molecule has 3 heteroatoms. The molecule has 1 aromatic rings. The van der Waals surface area contributed by atoms with E-state index in [1.54, 1.807) is 0 Å². The van der Waals surface area contributed by atoms with Crippen molar-refractivity contribution in [3.8, 4) is 0 Å². The monoisotopic (exact) mass is 202 g/mol. The molecule has 1 atom stereocenters. The molecule has 0 amide bonds. The normalized spacial score (nSPS) is 13.6. The van der Waals surface area contributed by atoms with Crippen LogP contribution >= 0.6 is 15.9 Å². The predicted molar refractivity (Wildman–Crippen MR) is 45.3 cm³/mol. The molecule has 56 valence electrons. The van der Waals surface area contributed by atoms with Crippen LogP contribution in [0.15, 0.2) is 6.07 Å². The van der Waals surface area contributed by atoms with Crippen molar-refractivity contribution >= 4 is 15.9 Å². The fourth-order valence-electron chi connectivity index (χ4n) is 0.783. The minimum atomic E-state index is 0.354. The van der Waals surface area contributed by atoms with Gasteiger partial charge in [-0.05, 0) is 19.9 Å². The van der Waals surface area contributed by atoms with Gasteiger partial charge in [-0.15, -0.1) is 0 Å². The summed E-state index contributed by atoms with van der Waals surface area (Å²) in [5.41, 5.74) is 2.29. The molecular weight excluding hydrogens is 192 g/mol. The van der Waals surface area contributed by atoms with Gasteiger partial charge in [0.2, 0.25) is 0 Å². The molecule has 2 nitrogen and oxygen atoms in total. The minimum absolute atomic E-state index is 0.354. The van der Waals surface area contributed by atoms with E-state index in [1.165, 1.54) is 5.69 Å². The van der Waals surface area contributed by atoms with Crippen molar-refractivity contribution in [1.29, 1.82) is 0 Å². The summed E-state index contributed by atoms with van der Waals surface area (Å²) < 4.78 is 1.88. The van der Waals surface area contributed by atoms with Crippen LogP contribution in [-0.4, -0.2) is 9.78 Å². The van der Waals surface area contributed by atoms with Gasteiger partial charge in [-0.2, -0.15) is 5.10 Å². The third-order valence-corrected chi connectivity index (χ3v) is 2.01. The molecule has 0 saturated carbocycles. The fraction of sp³-hybridized carbons (Fsp3) is 0.571. The van der Waals surface area contributed by atoms with Gasteiger partial charge in [-0.1, -0.05) is 15.9 Å². The van der Waals surface area contributed by atoms with E-state index in [2.05, 4.69) is 34.0 Å². The Morgan fingerprint density at radius 2 is 2.30 bits per heavy atom. The first kappa shape index (κ1) is 7.79. The summed E-state index contributed by atoms with van der Waals surface area (Å²) in [5.74, 6) is 0. The van der Waals surface area contributed by atoms with Crippen LogP contribution in [0, 0.1) is 6.92 Å². The molecule has 1 aromatic heterocycles. The average Bonchev–Trinajstić information content (AvgIpc) is 2.13. The highest BCUT2D eigenvalue weighted by molar-refractivity contribution is 9.09. The molecule has 0 bridgehead atoms. The van der Waals surface area contributed by atoms with Crippen LogP contribution in [0.1, 0.15) is 23.1 Å². The van der Waals surface area contributed by atoms with Crippen LogP contribution in [-0.2, 0) is 7.05 Å². The first-order chi connectivity index (χ1) is 4.61. The van der Waals surface area contributed by atoms with Gasteiger partial charge in [-0.3, -0.25) is 4.68 Å². The Morgan fingerprint density at radius 3 is 2.50 bits per heavy atom. The topological polar surface area (TPSA) is 17.8 Å². The lowest BCUT2D eigenvalue weighted by molar-refractivity contribution is 0.722. The van der Waals surface area contributed by atoms with Crippen molar-refractivity contribution in [2.45, 2.75) is 18.7 Å². The van der Waals surface area contributed by atoms with Crippen LogP contribution in [0.4, 0.5) is 0 Å². The van der Waals surface area contributed by atoms with Gasteiger partial charge in [0, 0.05) is 12.7 Å². The van der Waals surface area contributed by atoms with E-state index >= 15 is 0 Å². The molecule has 0 radical (unpaired) electrons. The second-order valence-electron chi connectivity index (χ2n) is 2.45. The van der Waals surface area contributed by atoms with Crippen molar-refractivity contribution in [2.75, 3.05) is 0 Å². The van der Waals surface area contributed by atoms with Crippen LogP contribution in [0.25, 0.3) is 0 Å². The predicted octanol–water partition coefficient (Wildman–Crippen LogP) is 2.18. The van der Waals surface area contributed by atoms with Gasteiger partial charge in [0.15, 0.2) is 0 Å². The summed E-state index contributed by atoms with van der Waals surface area (Å²) in [6, 6.07) is 2.08. The third kappa shape index (κ3) is 1.40. The Kier molecular flexibility index (Phi) is 2.14. The van der Waals surface area contributed by atoms with E-state index in [0.717, 1.165) is 5.69 Å². The molecule has 0 saturated heterocycles. The summed E-state index contributed by atoms with van der Waals surface area (Å²) in [6.45, 7) is 4.12. The van der Waals surface area contributed by atoms with Gasteiger partial charge in [-0.25, -0.2) is 0 Å². The zero-order valence-electron chi connectivity index (χ0n) is 6.43. The van der Waals surface area contributed by atoms with E-state index in [1.807, 2.05) is 18.7 Å². The van der Waals surface area contributed by atoms with E-state index in [0.29, 0.717) is 4.83 Å². The molecular formula is C7H11BrN2. The minimum Gasteiger partial charge on any atom is -0.273 e. The molecule has 10 heavy (non-hydrogen) atoms. The quantitative estimate of drug-likeness (QED) is 0.639. The zero-order chi connectivity index (χ0) is 7.72. The van der Waals surface area contributed by atoms with Gasteiger partial charge in [0.1, 0.15) is 0 Å². The number of aromatic nitrogens is 2. The number of halogens is 1. The first-order valence-corrected chi connectivity index (χ1v) is 4.17. The Balaban J connectivity index is 2.98. The van der Waals surface area contributed by atoms with E-state index < -0.39 is 0 Å². The largest absolute Gasteiger partial charge is 0.273 e. The molecule has 0 N–H and O–H groups in total. The van der Waals surface area contributed by atoms with Crippen molar-refractivity contribution < 1.29 is 0 Å². The highest BCUT2D eigenvalue weighted by atomic mass is 79.9. The van der Waals surface area contributed by atoms with Gasteiger partial charge >= 0.3 is 0 Å². The molecule has 0 spiro atoms. The zero-order valence-corrected chi connectivity index (χ0v) is 8.01. The standard InChI is InChI=1S/C7H11BrN2/c1-5-4-7(6(2)8)9-10(5)3/h4,6H,1-3H3. The summed E-state index contributed by atoms with van der Waals surface area (Å²) in [5, 5.41) is 4.28. The smallest absolute Gasteiger partial charge is 0.0760 e. The maximum absolute atomic E-state index is 4.28. The second kappa shape index (κ2) is 2.74. The Labute approximate surface area is 69.4 Å². The Bertz CT molecular complexity index is 208. The number of nitrogens with zero attached hydrogens (tertiary/aromatic N) is 2. The number of rotatable bonds is 1. The lowest BCUT2D eigenvalue weighted by Gasteiger charge is -1.93. The maximum atomic E-state index is 4.28. The van der Waals surface area contributed by atoms with Crippen molar-refractivity contribution in [3.63, 3.8) is 0 Å². The van der Waals surface area contributed by atoms with Crippen molar-refractivity contribution in [1.82, 2.24) is 9.78 Å². The number of aryl methyl sites for hydroxylation is 2. The summed E-state index contributed by atoms with van der Waals surface area (Å²) in [6.07, 6.45) is 0. The average molecular weight is 203 g/mol. The van der Waals surface area contributed by atoms with E-state index in [9.17, 15) is 0 Å². The van der Waals surface area contributed by atoms with Gasteiger partial charge < -0.3 is 0 Å². The highest BCUT2D eigenvalue weighted by Gasteiger charge is 2.05. The van der Waals surface area contributed by atoms with Crippen molar-refractivity contribution in [2.24, 2.45) is 7.05 Å². The van der Waals surface area contributed by atoms with E-state index in [-0.39, 0.29) is 0 Å². The van der Waals surface area contributed by atoms with E-state index in [4.69, 9.17) is 0 Å². The van der Waals surface area contributed by atoms with Crippen molar-refractivity contribution in [3.05, 3.63) is 17.5 Å². The van der Waals surface area contributed by atoms with Crippen LogP contribution in [0.5, 0.6) is 0 Å². The lowest BCUT2D eigenvalue weighted by Crippen LogP contribution is -1.93.